The fourth-order valence-corrected chi connectivity index (χ4v) is 9.27. The van der Waals surface area contributed by atoms with Crippen LogP contribution >= 0.6 is 0 Å². The van der Waals surface area contributed by atoms with E-state index in [1.54, 1.807) is 0 Å². The number of unbranched alkanes of at least 4 members (excludes halogenated alkanes) is 44. The van der Waals surface area contributed by atoms with Gasteiger partial charge in [-0.2, -0.15) is 0 Å². The third kappa shape index (κ3) is 55.2. The average molecular weight is 932 g/mol. The van der Waals surface area contributed by atoms with Gasteiger partial charge in [0.1, 0.15) is 6.61 Å². The molecule has 392 valence electrons. The molecule has 0 bridgehead atoms. The quantitative estimate of drug-likeness (QED) is 0.0345. The third-order valence-corrected chi connectivity index (χ3v) is 13.8. The molecule has 5 heteroatoms. The van der Waals surface area contributed by atoms with Gasteiger partial charge in [0.15, 0.2) is 6.10 Å². The first-order chi connectivity index (χ1) is 32.6. The summed E-state index contributed by atoms with van der Waals surface area (Å²) < 4.78 is 17.5. The molecule has 0 saturated carbocycles. The number of allylic oxidation sites excluding steroid dienone is 2. The van der Waals surface area contributed by atoms with Gasteiger partial charge in [-0.15, -0.1) is 0 Å². The molecule has 0 heterocycles. The van der Waals surface area contributed by atoms with Crippen LogP contribution in [0.1, 0.15) is 342 Å². The first kappa shape index (κ1) is 64.6. The lowest BCUT2D eigenvalue weighted by atomic mass is 10.0. The molecule has 1 atom stereocenters. The molecular formula is C61H118O5. The molecule has 0 fully saturated rings. The predicted molar refractivity (Wildman–Crippen MR) is 289 cm³/mol. The summed E-state index contributed by atoms with van der Waals surface area (Å²) in [6.07, 6.45) is 68.1. The molecule has 0 aromatic carbocycles. The van der Waals surface area contributed by atoms with Gasteiger partial charge in [-0.1, -0.05) is 296 Å². The van der Waals surface area contributed by atoms with Crippen LogP contribution in [0.25, 0.3) is 0 Å². The van der Waals surface area contributed by atoms with E-state index < -0.39 is 6.10 Å². The number of ether oxygens (including phenoxy) is 3. The van der Waals surface area contributed by atoms with E-state index in [0.717, 1.165) is 32.1 Å². The Labute approximate surface area is 414 Å². The molecule has 0 amide bonds. The Bertz CT molecular complexity index is 963. The van der Waals surface area contributed by atoms with E-state index in [1.165, 1.54) is 276 Å². The minimum absolute atomic E-state index is 0.0950. The van der Waals surface area contributed by atoms with Crippen molar-refractivity contribution in [1.29, 1.82) is 0 Å². The first-order valence-electron chi connectivity index (χ1n) is 30.2. The summed E-state index contributed by atoms with van der Waals surface area (Å²) in [5.41, 5.74) is 0. The third-order valence-electron chi connectivity index (χ3n) is 13.8. The van der Waals surface area contributed by atoms with E-state index in [-0.39, 0.29) is 18.5 Å². The van der Waals surface area contributed by atoms with E-state index >= 15 is 0 Å². The van der Waals surface area contributed by atoms with Crippen LogP contribution in [-0.2, 0) is 23.8 Å². The van der Waals surface area contributed by atoms with Crippen LogP contribution in [0.3, 0.4) is 0 Å². The fourth-order valence-electron chi connectivity index (χ4n) is 9.27. The van der Waals surface area contributed by atoms with E-state index in [2.05, 4.69) is 32.9 Å². The maximum Gasteiger partial charge on any atom is 0.306 e. The fraction of sp³-hybridized carbons (Fsp3) is 0.934. The summed E-state index contributed by atoms with van der Waals surface area (Å²) in [4.78, 5) is 25.5. The number of esters is 2. The van der Waals surface area contributed by atoms with Crippen molar-refractivity contribution in [2.45, 2.75) is 348 Å². The van der Waals surface area contributed by atoms with Crippen LogP contribution < -0.4 is 0 Å². The topological polar surface area (TPSA) is 61.8 Å². The Morgan fingerprint density at radius 1 is 0.318 bits per heavy atom. The zero-order valence-electron chi connectivity index (χ0n) is 45.2. The Morgan fingerprint density at radius 3 is 0.924 bits per heavy atom. The number of rotatable bonds is 57. The molecule has 0 aliphatic rings. The molecule has 0 aromatic rings. The Kier molecular flexibility index (Phi) is 56.8. The van der Waals surface area contributed by atoms with Crippen molar-refractivity contribution < 1.29 is 23.8 Å². The highest BCUT2D eigenvalue weighted by molar-refractivity contribution is 5.70. The Balaban J connectivity index is 4.20. The zero-order valence-corrected chi connectivity index (χ0v) is 45.2. The van der Waals surface area contributed by atoms with Gasteiger partial charge >= 0.3 is 11.9 Å². The van der Waals surface area contributed by atoms with Crippen LogP contribution in [0.4, 0.5) is 0 Å². The largest absolute Gasteiger partial charge is 0.462 e. The molecule has 0 N–H and O–H groups in total. The second-order valence-electron chi connectivity index (χ2n) is 20.6. The molecule has 0 saturated heterocycles. The molecule has 0 unspecified atom stereocenters. The van der Waals surface area contributed by atoms with Crippen LogP contribution in [0.5, 0.6) is 0 Å². The molecule has 0 rings (SSSR count). The number of carbonyl (C=O) groups is 2. The van der Waals surface area contributed by atoms with Gasteiger partial charge in [0, 0.05) is 19.4 Å². The van der Waals surface area contributed by atoms with E-state index in [4.69, 9.17) is 14.2 Å². The number of hydrogen-bond donors (Lipinski definition) is 0. The minimum atomic E-state index is -0.528. The molecule has 0 aliphatic heterocycles. The smallest absolute Gasteiger partial charge is 0.306 e. The zero-order chi connectivity index (χ0) is 47.7. The lowest BCUT2D eigenvalue weighted by molar-refractivity contribution is -0.163. The van der Waals surface area contributed by atoms with Crippen molar-refractivity contribution in [2.75, 3.05) is 19.8 Å². The Morgan fingerprint density at radius 2 is 0.591 bits per heavy atom. The minimum Gasteiger partial charge on any atom is -0.462 e. The van der Waals surface area contributed by atoms with E-state index in [0.29, 0.717) is 26.1 Å². The number of carbonyl (C=O) groups excluding carboxylic acids is 2. The standard InChI is InChI=1S/C61H118O5/c1-4-7-10-13-16-19-22-25-28-30-31-32-34-37-40-43-46-49-52-55-61(63)66-59(57-64-56-53-50-47-44-41-38-35-29-26-23-20-17-14-11-8-5-2)58-65-60(62)54-51-48-45-42-39-36-33-27-24-21-18-15-12-9-6-3/h25,28,59H,4-24,26-27,29-58H2,1-3H3/b28-25-/t59-/m1/s1. The summed E-state index contributed by atoms with van der Waals surface area (Å²) in [5.74, 6) is -0.371. The monoisotopic (exact) mass is 931 g/mol. The van der Waals surface area contributed by atoms with Gasteiger partial charge < -0.3 is 14.2 Å². The van der Waals surface area contributed by atoms with Crippen LogP contribution in [0.15, 0.2) is 12.2 Å². The summed E-state index contributed by atoms with van der Waals surface area (Å²) >= 11 is 0. The highest BCUT2D eigenvalue weighted by Crippen LogP contribution is 2.17. The second kappa shape index (κ2) is 58.0. The van der Waals surface area contributed by atoms with Gasteiger partial charge in [-0.3, -0.25) is 9.59 Å². The van der Waals surface area contributed by atoms with Crippen molar-refractivity contribution in [3.63, 3.8) is 0 Å². The predicted octanol–water partition coefficient (Wildman–Crippen LogP) is 20.6. The molecule has 0 spiro atoms. The summed E-state index contributed by atoms with van der Waals surface area (Å²) in [6, 6.07) is 0. The van der Waals surface area contributed by atoms with Crippen molar-refractivity contribution in [3.8, 4) is 0 Å². The highest BCUT2D eigenvalue weighted by Gasteiger charge is 2.18. The van der Waals surface area contributed by atoms with Gasteiger partial charge in [0.25, 0.3) is 0 Å². The van der Waals surface area contributed by atoms with Crippen LogP contribution in [0.2, 0.25) is 0 Å². The normalized spacial score (nSPS) is 12.1. The van der Waals surface area contributed by atoms with Gasteiger partial charge in [-0.25, -0.2) is 0 Å². The summed E-state index contributed by atoms with van der Waals surface area (Å²) in [5, 5.41) is 0. The highest BCUT2D eigenvalue weighted by atomic mass is 16.6. The van der Waals surface area contributed by atoms with Gasteiger partial charge in [-0.05, 0) is 44.9 Å². The van der Waals surface area contributed by atoms with Crippen molar-refractivity contribution >= 4 is 11.9 Å². The average Bonchev–Trinajstić information content (AvgIpc) is 3.32. The molecular weight excluding hydrogens is 813 g/mol. The molecule has 0 aliphatic carbocycles. The second-order valence-corrected chi connectivity index (χ2v) is 20.6. The molecule has 0 aromatic heterocycles. The lowest BCUT2D eigenvalue weighted by Gasteiger charge is -2.18. The van der Waals surface area contributed by atoms with Crippen molar-refractivity contribution in [3.05, 3.63) is 12.2 Å². The van der Waals surface area contributed by atoms with E-state index in [9.17, 15) is 9.59 Å². The molecule has 5 nitrogen and oxygen atoms in total. The van der Waals surface area contributed by atoms with Crippen LogP contribution in [0, 0.1) is 0 Å². The number of hydrogen-bond acceptors (Lipinski definition) is 5. The molecule has 0 radical (unpaired) electrons. The Hall–Kier alpha value is -1.36. The van der Waals surface area contributed by atoms with E-state index in [1.807, 2.05) is 0 Å². The van der Waals surface area contributed by atoms with Gasteiger partial charge in [0.2, 0.25) is 0 Å². The first-order valence-corrected chi connectivity index (χ1v) is 30.2. The summed E-state index contributed by atoms with van der Waals surface area (Å²) in [6.45, 7) is 7.91. The van der Waals surface area contributed by atoms with Crippen molar-refractivity contribution in [2.24, 2.45) is 0 Å². The SMILES string of the molecule is CCCCCCCC/C=C\CCCCCCCCCCCC(=O)O[C@H](COCCCCCCCCCCCCCCCCCC)COC(=O)CCCCCCCCCCCCCCCCC. The summed E-state index contributed by atoms with van der Waals surface area (Å²) in [7, 11) is 0. The van der Waals surface area contributed by atoms with Gasteiger partial charge in [0.05, 0.1) is 6.61 Å². The lowest BCUT2D eigenvalue weighted by Crippen LogP contribution is -2.30. The maximum atomic E-state index is 12.9. The van der Waals surface area contributed by atoms with Crippen LogP contribution in [-0.4, -0.2) is 37.9 Å². The maximum absolute atomic E-state index is 12.9. The molecule has 66 heavy (non-hydrogen) atoms. The van der Waals surface area contributed by atoms with Crippen molar-refractivity contribution in [1.82, 2.24) is 0 Å².